The summed E-state index contributed by atoms with van der Waals surface area (Å²) in [7, 11) is -3.00. The molecule has 2 unspecified atom stereocenters. The molecule has 0 amide bonds. The van der Waals surface area contributed by atoms with Gasteiger partial charge in [0, 0.05) is 5.30 Å². The predicted octanol–water partition coefficient (Wildman–Crippen LogP) is 3.77. The van der Waals surface area contributed by atoms with Gasteiger partial charge in [-0.3, -0.25) is 4.57 Å². The van der Waals surface area contributed by atoms with Gasteiger partial charge in [0.2, 0.25) is 0 Å². The number of benzene rings is 1. The molecule has 0 saturated carbocycles. The number of alkyl halides is 1. The first kappa shape index (κ1) is 13.5. The molecule has 0 bridgehead atoms. The van der Waals surface area contributed by atoms with Crippen molar-refractivity contribution < 1.29 is 9.09 Å². The van der Waals surface area contributed by atoms with Crippen LogP contribution in [0.5, 0.6) is 0 Å². The summed E-state index contributed by atoms with van der Waals surface area (Å²) in [4.78, 5) is 0. The van der Waals surface area contributed by atoms with Crippen molar-refractivity contribution in [2.24, 2.45) is 0 Å². The fourth-order valence-electron chi connectivity index (χ4n) is 1.39. The van der Waals surface area contributed by atoms with Crippen LogP contribution in [0, 0.1) is 0 Å². The Bertz CT molecular complexity index is 389. The van der Waals surface area contributed by atoms with Gasteiger partial charge in [-0.25, -0.2) is 0 Å². The van der Waals surface area contributed by atoms with Gasteiger partial charge in [0.1, 0.15) is 5.12 Å². The van der Waals surface area contributed by atoms with E-state index in [0.717, 1.165) is 0 Å². The van der Waals surface area contributed by atoms with Crippen molar-refractivity contribution in [3.05, 3.63) is 42.5 Å². The topological polar surface area (TPSA) is 26.3 Å². The van der Waals surface area contributed by atoms with Gasteiger partial charge in [0.15, 0.2) is 0 Å². The smallest absolute Gasteiger partial charge is 0.253 e. The molecule has 2 nitrogen and oxygen atoms in total. The first-order valence-corrected chi connectivity index (χ1v) is 7.35. The van der Waals surface area contributed by atoms with E-state index in [1.54, 1.807) is 24.3 Å². The van der Waals surface area contributed by atoms with E-state index in [1.807, 2.05) is 32.0 Å². The van der Waals surface area contributed by atoms with Crippen LogP contribution in [0.25, 0.3) is 0 Å². The average molecular weight is 259 g/mol. The summed E-state index contributed by atoms with van der Waals surface area (Å²) in [5.41, 5.74) is 0. The maximum atomic E-state index is 12.7. The van der Waals surface area contributed by atoms with E-state index in [-0.39, 0.29) is 0 Å². The quantitative estimate of drug-likeness (QED) is 0.457. The molecule has 0 aromatic heterocycles. The van der Waals surface area contributed by atoms with Crippen LogP contribution >= 0.6 is 19.0 Å². The minimum atomic E-state index is -3.00. The van der Waals surface area contributed by atoms with Crippen LogP contribution in [0.4, 0.5) is 0 Å². The number of halogens is 1. The molecular weight excluding hydrogens is 243 g/mol. The molecule has 2 atom stereocenters. The van der Waals surface area contributed by atoms with E-state index >= 15 is 0 Å². The maximum absolute atomic E-state index is 12.7. The van der Waals surface area contributed by atoms with E-state index < -0.39 is 12.5 Å². The van der Waals surface area contributed by atoms with Crippen molar-refractivity contribution in [2.45, 2.75) is 19.0 Å². The van der Waals surface area contributed by atoms with Crippen molar-refractivity contribution >= 4 is 24.3 Å². The summed E-state index contributed by atoms with van der Waals surface area (Å²) in [5.74, 6) is 0. The Hall–Kier alpha value is -0.560. The van der Waals surface area contributed by atoms with E-state index in [2.05, 4.69) is 0 Å². The molecule has 0 saturated heterocycles. The molecule has 0 aliphatic heterocycles. The zero-order valence-corrected chi connectivity index (χ0v) is 11.1. The molecule has 1 aromatic carbocycles. The Balaban J connectivity index is 3.11. The van der Waals surface area contributed by atoms with Crippen molar-refractivity contribution in [1.82, 2.24) is 0 Å². The number of rotatable bonds is 5. The van der Waals surface area contributed by atoms with Crippen LogP contribution in [0.15, 0.2) is 42.5 Å². The lowest BCUT2D eigenvalue weighted by atomic mass is 10.4. The summed E-state index contributed by atoms with van der Waals surface area (Å²) < 4.78 is 18.1. The molecule has 0 heterocycles. The van der Waals surface area contributed by atoms with Crippen LogP contribution in [-0.4, -0.2) is 11.7 Å². The van der Waals surface area contributed by atoms with Crippen molar-refractivity contribution in [2.75, 3.05) is 6.61 Å². The predicted molar refractivity (Wildman–Crippen MR) is 69.8 cm³/mol. The van der Waals surface area contributed by atoms with Gasteiger partial charge in [0.05, 0.1) is 6.61 Å². The van der Waals surface area contributed by atoms with Gasteiger partial charge in [-0.2, -0.15) is 0 Å². The lowest BCUT2D eigenvalue weighted by Crippen LogP contribution is -2.14. The van der Waals surface area contributed by atoms with E-state index in [0.29, 0.717) is 11.9 Å². The van der Waals surface area contributed by atoms with E-state index in [9.17, 15) is 4.57 Å². The second-order valence-electron chi connectivity index (χ2n) is 3.25. The van der Waals surface area contributed by atoms with Gasteiger partial charge < -0.3 is 4.52 Å². The summed E-state index contributed by atoms with van der Waals surface area (Å²) in [6.45, 7) is 4.04. The van der Waals surface area contributed by atoms with Crippen LogP contribution in [0.2, 0.25) is 0 Å². The zero-order chi connectivity index (χ0) is 12.0. The third kappa shape index (κ3) is 2.98. The fraction of sp³-hybridized carbons (Fsp3) is 0.333. The van der Waals surface area contributed by atoms with Crippen LogP contribution in [0.1, 0.15) is 13.8 Å². The first-order valence-electron chi connectivity index (χ1n) is 5.22. The second-order valence-corrected chi connectivity index (χ2v) is 6.55. The van der Waals surface area contributed by atoms with Crippen molar-refractivity contribution in [1.29, 1.82) is 0 Å². The standard InChI is InChI=1S/C12H16ClO2P/c1-3-8-12(13)16(14,15-4-2)11-9-6-5-7-10-11/h3,5-10,12H,4H2,1-2H3/b8-3+. The lowest BCUT2D eigenvalue weighted by Gasteiger charge is -2.20. The number of allylic oxidation sites excluding steroid dienone is 2. The highest BCUT2D eigenvalue weighted by Gasteiger charge is 2.32. The summed E-state index contributed by atoms with van der Waals surface area (Å²) >= 11 is 6.13. The number of hydrogen-bond acceptors (Lipinski definition) is 2. The molecule has 16 heavy (non-hydrogen) atoms. The van der Waals surface area contributed by atoms with Crippen molar-refractivity contribution in [3.63, 3.8) is 0 Å². The number of hydrogen-bond donors (Lipinski definition) is 0. The second kappa shape index (κ2) is 6.24. The third-order valence-corrected chi connectivity index (χ3v) is 5.51. The van der Waals surface area contributed by atoms with Gasteiger partial charge in [0.25, 0.3) is 7.37 Å². The lowest BCUT2D eigenvalue weighted by molar-refractivity contribution is 0.341. The highest BCUT2D eigenvalue weighted by molar-refractivity contribution is 7.69. The minimum Gasteiger partial charge on any atom is -0.324 e. The molecule has 0 radical (unpaired) electrons. The van der Waals surface area contributed by atoms with E-state index in [4.69, 9.17) is 16.1 Å². The van der Waals surface area contributed by atoms with Crippen LogP contribution in [-0.2, 0) is 9.09 Å². The molecule has 4 heteroatoms. The molecular formula is C12H16ClO2P. The molecule has 0 aliphatic carbocycles. The van der Waals surface area contributed by atoms with Crippen LogP contribution < -0.4 is 5.30 Å². The zero-order valence-electron chi connectivity index (χ0n) is 9.47. The molecule has 88 valence electrons. The third-order valence-electron chi connectivity index (χ3n) is 2.11. The SMILES string of the molecule is C/C=C/C(Cl)P(=O)(OCC)c1ccccc1. The highest BCUT2D eigenvalue weighted by Crippen LogP contribution is 2.53. The highest BCUT2D eigenvalue weighted by atomic mass is 35.5. The largest absolute Gasteiger partial charge is 0.324 e. The summed E-state index contributed by atoms with van der Waals surface area (Å²) in [6.07, 6.45) is 3.48. The normalized spacial score (nSPS) is 17.2. The summed E-state index contributed by atoms with van der Waals surface area (Å²) in [5, 5.41) is 0.0507. The Morgan fingerprint density at radius 3 is 2.56 bits per heavy atom. The van der Waals surface area contributed by atoms with Gasteiger partial charge >= 0.3 is 0 Å². The monoisotopic (exact) mass is 258 g/mol. The molecule has 1 aromatic rings. The minimum absolute atomic E-state index is 0.382. The molecule has 1 rings (SSSR count). The molecule has 0 spiro atoms. The first-order chi connectivity index (χ1) is 7.65. The van der Waals surface area contributed by atoms with Crippen LogP contribution in [0.3, 0.4) is 0 Å². The molecule has 0 fully saturated rings. The van der Waals surface area contributed by atoms with E-state index in [1.165, 1.54) is 0 Å². The molecule has 0 N–H and O–H groups in total. The maximum Gasteiger partial charge on any atom is 0.253 e. The summed E-state index contributed by atoms with van der Waals surface area (Å²) in [6, 6.07) is 9.11. The Kier molecular flexibility index (Phi) is 5.27. The van der Waals surface area contributed by atoms with Gasteiger partial charge in [-0.15, -0.1) is 11.6 Å². The van der Waals surface area contributed by atoms with Gasteiger partial charge in [-0.05, 0) is 26.0 Å². The fourth-order valence-corrected chi connectivity index (χ4v) is 3.99. The Labute approximate surface area is 102 Å². The van der Waals surface area contributed by atoms with Crippen molar-refractivity contribution in [3.8, 4) is 0 Å². The Morgan fingerprint density at radius 1 is 1.44 bits per heavy atom. The molecule has 0 aliphatic rings. The Morgan fingerprint density at radius 2 is 2.06 bits per heavy atom. The average Bonchev–Trinajstić information content (AvgIpc) is 2.30. The van der Waals surface area contributed by atoms with Gasteiger partial charge in [-0.1, -0.05) is 30.4 Å².